The van der Waals surface area contributed by atoms with Crippen molar-refractivity contribution < 1.29 is 9.53 Å². The summed E-state index contributed by atoms with van der Waals surface area (Å²) in [5, 5.41) is 0. The Labute approximate surface area is 147 Å². The molecule has 6 heteroatoms. The number of aryl methyl sites for hydroxylation is 2. The van der Waals surface area contributed by atoms with E-state index in [0.717, 1.165) is 41.4 Å². The van der Waals surface area contributed by atoms with Crippen LogP contribution in [0, 0.1) is 13.8 Å². The van der Waals surface area contributed by atoms with E-state index in [4.69, 9.17) is 9.72 Å². The molecule has 25 heavy (non-hydrogen) atoms. The molecule has 0 bridgehead atoms. The summed E-state index contributed by atoms with van der Waals surface area (Å²) in [5.41, 5.74) is 4.94. The minimum Gasteiger partial charge on any atom is -0.378 e. The third-order valence-electron chi connectivity index (χ3n) is 4.84. The predicted molar refractivity (Wildman–Crippen MR) is 94.6 cm³/mol. The SMILES string of the molecule is Cc1ccc(C(=O)N2Cc3cnc(N4CCOCC4)nc3C2)c(C)c1. The highest BCUT2D eigenvalue weighted by atomic mass is 16.5. The van der Waals surface area contributed by atoms with Crippen LogP contribution in [0.25, 0.3) is 0 Å². The average Bonchev–Trinajstić information content (AvgIpc) is 3.05. The molecular formula is C19H22N4O2. The van der Waals surface area contributed by atoms with Gasteiger partial charge in [0, 0.05) is 37.0 Å². The van der Waals surface area contributed by atoms with E-state index in [9.17, 15) is 4.79 Å². The van der Waals surface area contributed by atoms with Crippen molar-refractivity contribution in [3.05, 3.63) is 52.3 Å². The fourth-order valence-corrected chi connectivity index (χ4v) is 3.43. The highest BCUT2D eigenvalue weighted by Crippen LogP contribution is 2.25. The molecule has 0 aliphatic carbocycles. The molecule has 2 aromatic rings. The summed E-state index contributed by atoms with van der Waals surface area (Å²) in [7, 11) is 0. The summed E-state index contributed by atoms with van der Waals surface area (Å²) in [4.78, 5) is 26.1. The Morgan fingerprint density at radius 3 is 2.72 bits per heavy atom. The Bertz CT molecular complexity index is 815. The van der Waals surface area contributed by atoms with E-state index < -0.39 is 0 Å². The quantitative estimate of drug-likeness (QED) is 0.839. The third-order valence-corrected chi connectivity index (χ3v) is 4.84. The first kappa shape index (κ1) is 16.0. The zero-order chi connectivity index (χ0) is 17.4. The van der Waals surface area contributed by atoms with Gasteiger partial charge in [-0.25, -0.2) is 9.97 Å². The second kappa shape index (κ2) is 6.44. The van der Waals surface area contributed by atoms with Crippen LogP contribution >= 0.6 is 0 Å². The first-order valence-electron chi connectivity index (χ1n) is 8.66. The van der Waals surface area contributed by atoms with E-state index in [2.05, 4.69) is 9.88 Å². The van der Waals surface area contributed by atoms with Crippen LogP contribution in [0.3, 0.4) is 0 Å². The molecule has 0 N–H and O–H groups in total. The Morgan fingerprint density at radius 1 is 1.16 bits per heavy atom. The molecule has 4 rings (SSSR count). The van der Waals surface area contributed by atoms with Crippen molar-refractivity contribution in [3.63, 3.8) is 0 Å². The number of fused-ring (bicyclic) bond motifs is 1. The molecule has 2 aliphatic heterocycles. The van der Waals surface area contributed by atoms with Crippen molar-refractivity contribution in [2.45, 2.75) is 26.9 Å². The molecule has 1 amide bonds. The molecule has 0 spiro atoms. The fourth-order valence-electron chi connectivity index (χ4n) is 3.43. The van der Waals surface area contributed by atoms with E-state index in [0.29, 0.717) is 26.3 Å². The van der Waals surface area contributed by atoms with E-state index in [-0.39, 0.29) is 5.91 Å². The van der Waals surface area contributed by atoms with Gasteiger partial charge in [0.15, 0.2) is 0 Å². The Balaban J connectivity index is 1.53. The Morgan fingerprint density at radius 2 is 1.96 bits per heavy atom. The Hall–Kier alpha value is -2.47. The van der Waals surface area contributed by atoms with Crippen molar-refractivity contribution in [1.82, 2.24) is 14.9 Å². The van der Waals surface area contributed by atoms with Crippen molar-refractivity contribution in [2.75, 3.05) is 31.2 Å². The summed E-state index contributed by atoms with van der Waals surface area (Å²) < 4.78 is 5.38. The van der Waals surface area contributed by atoms with Crippen molar-refractivity contribution in [1.29, 1.82) is 0 Å². The molecular weight excluding hydrogens is 316 g/mol. The highest BCUT2D eigenvalue weighted by Gasteiger charge is 2.27. The predicted octanol–water partition coefficient (Wildman–Crippen LogP) is 2.09. The molecule has 0 radical (unpaired) electrons. The number of benzene rings is 1. The average molecular weight is 338 g/mol. The maximum Gasteiger partial charge on any atom is 0.254 e. The zero-order valence-corrected chi connectivity index (χ0v) is 14.7. The molecule has 1 fully saturated rings. The zero-order valence-electron chi connectivity index (χ0n) is 14.7. The van der Waals surface area contributed by atoms with Gasteiger partial charge in [-0.15, -0.1) is 0 Å². The van der Waals surface area contributed by atoms with Gasteiger partial charge in [0.05, 0.1) is 25.5 Å². The minimum atomic E-state index is 0.0587. The molecule has 6 nitrogen and oxygen atoms in total. The van der Waals surface area contributed by atoms with E-state index >= 15 is 0 Å². The van der Waals surface area contributed by atoms with Gasteiger partial charge in [-0.05, 0) is 25.5 Å². The van der Waals surface area contributed by atoms with Crippen LogP contribution in [0.1, 0.15) is 32.7 Å². The summed E-state index contributed by atoms with van der Waals surface area (Å²) in [5.74, 6) is 0.797. The van der Waals surface area contributed by atoms with Gasteiger partial charge in [0.1, 0.15) is 0 Å². The second-order valence-electron chi connectivity index (χ2n) is 6.72. The van der Waals surface area contributed by atoms with Crippen molar-refractivity contribution in [3.8, 4) is 0 Å². The number of hydrogen-bond donors (Lipinski definition) is 0. The van der Waals surface area contributed by atoms with Gasteiger partial charge in [-0.3, -0.25) is 4.79 Å². The van der Waals surface area contributed by atoms with Gasteiger partial charge in [0.2, 0.25) is 5.95 Å². The standard InChI is InChI=1S/C19H22N4O2/c1-13-3-4-16(14(2)9-13)18(24)23-11-15-10-20-19(21-17(15)12-23)22-5-7-25-8-6-22/h3-4,9-10H,5-8,11-12H2,1-2H3. The molecule has 0 saturated carbocycles. The molecule has 3 heterocycles. The monoisotopic (exact) mass is 338 g/mol. The number of aromatic nitrogens is 2. The highest BCUT2D eigenvalue weighted by molar-refractivity contribution is 5.96. The molecule has 1 aromatic carbocycles. The van der Waals surface area contributed by atoms with Crippen LogP contribution in [0.4, 0.5) is 5.95 Å². The first-order chi connectivity index (χ1) is 12.1. The number of nitrogens with zero attached hydrogens (tertiary/aromatic N) is 4. The lowest BCUT2D eigenvalue weighted by atomic mass is 10.0. The van der Waals surface area contributed by atoms with E-state index in [1.165, 1.54) is 5.56 Å². The summed E-state index contributed by atoms with van der Waals surface area (Å²) in [6.45, 7) is 8.17. The van der Waals surface area contributed by atoms with Crippen LogP contribution in [0.15, 0.2) is 24.4 Å². The Kier molecular flexibility index (Phi) is 4.13. The number of carbonyl (C=O) groups excluding carboxylic acids is 1. The fraction of sp³-hybridized carbons (Fsp3) is 0.421. The van der Waals surface area contributed by atoms with Crippen molar-refractivity contribution in [2.24, 2.45) is 0 Å². The number of morpholine rings is 1. The number of rotatable bonds is 2. The van der Waals surface area contributed by atoms with Gasteiger partial charge in [-0.2, -0.15) is 0 Å². The van der Waals surface area contributed by atoms with Crippen LogP contribution < -0.4 is 4.90 Å². The number of anilines is 1. The summed E-state index contributed by atoms with van der Waals surface area (Å²) >= 11 is 0. The van der Waals surface area contributed by atoms with Crippen LogP contribution in [0.5, 0.6) is 0 Å². The summed E-state index contributed by atoms with van der Waals surface area (Å²) in [6.07, 6.45) is 1.86. The molecule has 1 aromatic heterocycles. The number of hydrogen-bond acceptors (Lipinski definition) is 5. The lowest BCUT2D eigenvalue weighted by molar-refractivity contribution is 0.0749. The maximum absolute atomic E-state index is 12.9. The van der Waals surface area contributed by atoms with Gasteiger partial charge >= 0.3 is 0 Å². The largest absolute Gasteiger partial charge is 0.378 e. The molecule has 130 valence electrons. The van der Waals surface area contributed by atoms with Crippen LogP contribution in [0.2, 0.25) is 0 Å². The molecule has 0 atom stereocenters. The normalized spacial score (nSPS) is 16.9. The molecule has 1 saturated heterocycles. The first-order valence-corrected chi connectivity index (χ1v) is 8.66. The summed E-state index contributed by atoms with van der Waals surface area (Å²) in [6, 6.07) is 5.95. The lowest BCUT2D eigenvalue weighted by Gasteiger charge is -2.26. The minimum absolute atomic E-state index is 0.0587. The second-order valence-corrected chi connectivity index (χ2v) is 6.72. The van der Waals surface area contributed by atoms with Gasteiger partial charge in [0.25, 0.3) is 5.91 Å². The number of amides is 1. The molecule has 2 aliphatic rings. The lowest BCUT2D eigenvalue weighted by Crippen LogP contribution is -2.37. The van der Waals surface area contributed by atoms with Crippen LogP contribution in [-0.4, -0.2) is 47.1 Å². The third kappa shape index (κ3) is 3.09. The van der Waals surface area contributed by atoms with E-state index in [1.807, 2.05) is 43.1 Å². The smallest absolute Gasteiger partial charge is 0.254 e. The van der Waals surface area contributed by atoms with Gasteiger partial charge in [-0.1, -0.05) is 17.7 Å². The number of carbonyl (C=O) groups is 1. The van der Waals surface area contributed by atoms with Gasteiger partial charge < -0.3 is 14.5 Å². The molecule has 0 unspecified atom stereocenters. The number of ether oxygens (including phenoxy) is 1. The van der Waals surface area contributed by atoms with Crippen LogP contribution in [-0.2, 0) is 17.8 Å². The topological polar surface area (TPSA) is 58.6 Å². The van der Waals surface area contributed by atoms with Crippen molar-refractivity contribution >= 4 is 11.9 Å². The van der Waals surface area contributed by atoms with E-state index in [1.54, 1.807) is 0 Å². The maximum atomic E-state index is 12.9.